The molecule has 33 heavy (non-hydrogen) atoms. The van der Waals surface area contributed by atoms with Gasteiger partial charge in [-0.1, -0.05) is 17.7 Å². The van der Waals surface area contributed by atoms with Crippen LogP contribution in [0.5, 0.6) is 5.75 Å². The molecule has 0 radical (unpaired) electrons. The topological polar surface area (TPSA) is 85.9 Å². The van der Waals surface area contributed by atoms with E-state index in [1.165, 1.54) is 5.56 Å². The Morgan fingerprint density at radius 2 is 1.82 bits per heavy atom. The van der Waals surface area contributed by atoms with E-state index in [2.05, 4.69) is 21.4 Å². The summed E-state index contributed by atoms with van der Waals surface area (Å²) in [5.41, 5.74) is 1.67. The van der Waals surface area contributed by atoms with E-state index in [0.717, 1.165) is 17.7 Å². The van der Waals surface area contributed by atoms with Crippen molar-refractivity contribution in [1.82, 2.24) is 10.6 Å². The second-order valence-corrected chi connectivity index (χ2v) is 9.97. The molecule has 0 aromatic heterocycles. The fourth-order valence-corrected chi connectivity index (χ4v) is 5.56. The summed E-state index contributed by atoms with van der Waals surface area (Å²) in [6.45, 7) is 1.83. The van der Waals surface area contributed by atoms with Crippen LogP contribution in [0.2, 0.25) is 0 Å². The lowest BCUT2D eigenvalue weighted by Crippen LogP contribution is -2.84. The zero-order valence-electron chi connectivity index (χ0n) is 18.3. The summed E-state index contributed by atoms with van der Waals surface area (Å²) in [4.78, 5) is 24.9. The summed E-state index contributed by atoms with van der Waals surface area (Å²) < 4.78 is 51.6. The highest BCUT2D eigenvalue weighted by Gasteiger charge is 2.69. The molecule has 0 unspecified atom stereocenters. The molecule has 2 bridgehead atoms. The number of ether oxygens (including phenoxy) is 3. The van der Waals surface area contributed by atoms with Crippen molar-refractivity contribution in [3.8, 4) is 5.75 Å². The number of hydrogen-bond donors (Lipinski definition) is 2. The molecule has 0 saturated heterocycles. The van der Waals surface area contributed by atoms with Crippen molar-refractivity contribution in [2.24, 2.45) is 0 Å². The van der Waals surface area contributed by atoms with Gasteiger partial charge in [0, 0.05) is 23.9 Å². The van der Waals surface area contributed by atoms with Crippen molar-refractivity contribution in [3.05, 3.63) is 29.3 Å². The van der Waals surface area contributed by atoms with Crippen molar-refractivity contribution in [3.63, 3.8) is 0 Å². The Hall–Kier alpha value is -2.33. The minimum absolute atomic E-state index is 0.121. The number of hydrogen-bond acceptors (Lipinski definition) is 5. The van der Waals surface area contributed by atoms with Crippen LogP contribution in [0.3, 0.4) is 0 Å². The number of fused-ring (bicyclic) bond motifs is 1. The van der Waals surface area contributed by atoms with Gasteiger partial charge in [0.1, 0.15) is 12.4 Å². The Balaban J connectivity index is 1.01. The van der Waals surface area contributed by atoms with E-state index in [9.17, 15) is 22.8 Å². The van der Waals surface area contributed by atoms with Crippen molar-refractivity contribution >= 4 is 11.8 Å². The molecule has 1 atom stereocenters. The summed E-state index contributed by atoms with van der Waals surface area (Å²) in [5, 5.41) is 6.06. The molecular formula is C23H27F3N2O5. The molecule has 5 aliphatic rings. The van der Waals surface area contributed by atoms with Crippen LogP contribution in [-0.2, 0) is 25.5 Å². The fourth-order valence-electron chi connectivity index (χ4n) is 5.56. The molecule has 1 aromatic rings. The first-order chi connectivity index (χ1) is 15.5. The van der Waals surface area contributed by atoms with Gasteiger partial charge in [0.05, 0.1) is 12.2 Å². The van der Waals surface area contributed by atoms with Crippen molar-refractivity contribution in [2.45, 2.75) is 87.6 Å². The average Bonchev–Trinajstić information content (AvgIpc) is 2.65. The lowest BCUT2D eigenvalue weighted by molar-refractivity contribution is -0.357. The van der Waals surface area contributed by atoms with Gasteiger partial charge in [-0.05, 0) is 50.7 Å². The van der Waals surface area contributed by atoms with Gasteiger partial charge in [0.15, 0.2) is 6.10 Å². The summed E-state index contributed by atoms with van der Waals surface area (Å²) in [6, 6.07) is 5.96. The molecule has 7 nitrogen and oxygen atoms in total. The van der Waals surface area contributed by atoms with E-state index >= 15 is 0 Å². The number of alkyl halides is 3. The highest BCUT2D eigenvalue weighted by Crippen LogP contribution is 2.60. The van der Waals surface area contributed by atoms with Gasteiger partial charge in [-0.3, -0.25) is 14.3 Å². The van der Waals surface area contributed by atoms with Crippen LogP contribution < -0.4 is 15.4 Å². The molecule has 4 aliphatic carbocycles. The monoisotopic (exact) mass is 468 g/mol. The third kappa shape index (κ3) is 4.68. The standard InChI is InChI=1S/C23H27F3N2O5/c1-13-2-4-17-14(6-13)3-5-18(32-17)20(30)28-22-10-21(11-22,12-22)27-19(29)9-31-15-7-16(8-15)33-23(24,25)26/h2,4,6,15-16,18H,3,5,7-12H2,1H3,(H,27,29)(H,28,30)/t15?,16?,18-,21?,22?/m0/s1. The van der Waals surface area contributed by atoms with E-state index in [4.69, 9.17) is 9.47 Å². The van der Waals surface area contributed by atoms with Crippen LogP contribution in [0.1, 0.15) is 49.7 Å². The number of aryl methyl sites for hydroxylation is 2. The molecule has 2 N–H and O–H groups in total. The summed E-state index contributed by atoms with van der Waals surface area (Å²) >= 11 is 0. The van der Waals surface area contributed by atoms with Crippen LogP contribution >= 0.6 is 0 Å². The maximum Gasteiger partial charge on any atom is 0.522 e. The first kappa shape index (κ1) is 22.5. The van der Waals surface area contributed by atoms with Gasteiger partial charge in [0.2, 0.25) is 5.91 Å². The van der Waals surface area contributed by atoms with Crippen LogP contribution in [-0.4, -0.2) is 54.2 Å². The van der Waals surface area contributed by atoms with Gasteiger partial charge >= 0.3 is 6.36 Å². The van der Waals surface area contributed by atoms with E-state index in [1.54, 1.807) is 0 Å². The van der Waals surface area contributed by atoms with Gasteiger partial charge in [-0.25, -0.2) is 0 Å². The zero-order chi connectivity index (χ0) is 23.4. The Morgan fingerprint density at radius 1 is 1.12 bits per heavy atom. The highest BCUT2D eigenvalue weighted by atomic mass is 19.4. The van der Waals surface area contributed by atoms with Gasteiger partial charge in [-0.2, -0.15) is 0 Å². The lowest BCUT2D eigenvalue weighted by Gasteiger charge is -2.70. The molecule has 0 spiro atoms. The molecule has 6 rings (SSSR count). The van der Waals surface area contributed by atoms with Crippen LogP contribution in [0.4, 0.5) is 13.2 Å². The minimum atomic E-state index is -4.64. The molecule has 1 aliphatic heterocycles. The Bertz CT molecular complexity index is 940. The molecule has 2 amide bonds. The van der Waals surface area contributed by atoms with Crippen molar-refractivity contribution in [2.75, 3.05) is 6.61 Å². The number of benzene rings is 1. The Kier molecular flexibility index (Phi) is 5.36. The van der Waals surface area contributed by atoms with Gasteiger partial charge in [-0.15, -0.1) is 13.2 Å². The number of amides is 2. The first-order valence-corrected chi connectivity index (χ1v) is 11.3. The smallest absolute Gasteiger partial charge is 0.480 e. The lowest BCUT2D eigenvalue weighted by atomic mass is 9.44. The summed E-state index contributed by atoms with van der Waals surface area (Å²) in [6.07, 6.45) is -2.80. The van der Waals surface area contributed by atoms with Gasteiger partial charge < -0.3 is 20.1 Å². The maximum atomic E-state index is 12.7. The second kappa shape index (κ2) is 7.87. The van der Waals surface area contributed by atoms with E-state index in [-0.39, 0.29) is 42.3 Å². The third-order valence-electron chi connectivity index (χ3n) is 7.08. The number of carbonyl (C=O) groups excluding carboxylic acids is 2. The molecule has 4 fully saturated rings. The van der Waals surface area contributed by atoms with Crippen LogP contribution in [0, 0.1) is 6.92 Å². The van der Waals surface area contributed by atoms with Crippen molar-refractivity contribution < 1.29 is 37.0 Å². The second-order valence-electron chi connectivity index (χ2n) is 9.97. The first-order valence-electron chi connectivity index (χ1n) is 11.3. The molecule has 180 valence electrons. The van der Waals surface area contributed by atoms with Crippen molar-refractivity contribution in [1.29, 1.82) is 0 Å². The number of rotatable bonds is 7. The average molecular weight is 468 g/mol. The highest BCUT2D eigenvalue weighted by molar-refractivity contribution is 5.84. The zero-order valence-corrected chi connectivity index (χ0v) is 18.3. The minimum Gasteiger partial charge on any atom is -0.480 e. The Labute approximate surface area is 189 Å². The van der Waals surface area contributed by atoms with Crippen LogP contribution in [0.25, 0.3) is 0 Å². The molecule has 1 aromatic carbocycles. The SMILES string of the molecule is Cc1ccc2c(c1)CC[C@@H](C(=O)NC13CC(NC(=O)COC4CC(OC(F)(F)F)C4)(C1)C3)O2. The van der Waals surface area contributed by atoms with E-state index < -0.39 is 24.7 Å². The Morgan fingerprint density at radius 3 is 2.52 bits per heavy atom. The maximum absolute atomic E-state index is 12.7. The van der Waals surface area contributed by atoms with Gasteiger partial charge in [0.25, 0.3) is 5.91 Å². The molecule has 1 heterocycles. The number of halogens is 3. The third-order valence-corrected chi connectivity index (χ3v) is 7.08. The van der Waals surface area contributed by atoms with E-state index in [1.807, 2.05) is 19.1 Å². The number of nitrogens with one attached hydrogen (secondary N) is 2. The van der Waals surface area contributed by atoms with E-state index in [0.29, 0.717) is 25.7 Å². The normalized spacial score (nSPS) is 34.0. The predicted octanol–water partition coefficient (Wildman–Crippen LogP) is 2.68. The molecule has 10 heteroatoms. The number of carbonyl (C=O) groups is 2. The quantitative estimate of drug-likeness (QED) is 0.643. The molecular weight excluding hydrogens is 441 g/mol. The van der Waals surface area contributed by atoms with Crippen LogP contribution in [0.15, 0.2) is 18.2 Å². The fraction of sp³-hybridized carbons (Fsp3) is 0.652. The predicted molar refractivity (Wildman–Crippen MR) is 109 cm³/mol. The summed E-state index contributed by atoms with van der Waals surface area (Å²) in [7, 11) is 0. The largest absolute Gasteiger partial charge is 0.522 e. The molecule has 4 saturated carbocycles. The summed E-state index contributed by atoms with van der Waals surface area (Å²) in [5.74, 6) is 0.346.